The number of H-pyrrole nitrogens is 1. The number of phenolic OH excluding ortho intramolecular Hbond substituents is 1. The molecule has 1 aromatic carbocycles. The number of aromatic amines is 1. The van der Waals surface area contributed by atoms with E-state index in [1.807, 2.05) is 12.3 Å². The zero-order chi connectivity index (χ0) is 29.2. The van der Waals surface area contributed by atoms with Crippen LogP contribution in [0.3, 0.4) is 0 Å². The van der Waals surface area contributed by atoms with E-state index in [-0.39, 0.29) is 23.3 Å². The molecule has 43 heavy (non-hydrogen) atoms. The molecule has 4 fully saturated rings. The van der Waals surface area contributed by atoms with Gasteiger partial charge in [-0.3, -0.25) is 9.88 Å². The Labute approximate surface area is 255 Å². The average Bonchev–Trinajstić information content (AvgIpc) is 3.52. The van der Waals surface area contributed by atoms with E-state index in [2.05, 4.69) is 33.0 Å². The minimum Gasteiger partial charge on any atom is -0.506 e. The molecule has 1 unspecified atom stereocenters. The van der Waals surface area contributed by atoms with Crippen LogP contribution < -0.4 is 0 Å². The molecular weight excluding hydrogens is 536 g/mol. The number of nitrogens with one attached hydrogen (secondary N) is 1. The van der Waals surface area contributed by atoms with Crippen molar-refractivity contribution in [1.29, 1.82) is 0 Å². The van der Waals surface area contributed by atoms with Crippen LogP contribution in [-0.2, 0) is 0 Å². The molecule has 4 N–H and O–H groups in total. The first-order valence-corrected chi connectivity index (χ1v) is 17.2. The molecule has 1 spiro atoms. The number of hydrogen-bond donors (Lipinski definition) is 4. The number of pyridine rings is 1. The third kappa shape index (κ3) is 4.56. The fraction of sp³-hybridized carbons (Fsp3) is 0.639. The van der Waals surface area contributed by atoms with E-state index in [9.17, 15) is 15.3 Å². The number of para-hydroxylation sites is 1. The van der Waals surface area contributed by atoms with Gasteiger partial charge in [-0.2, -0.15) is 0 Å². The van der Waals surface area contributed by atoms with Gasteiger partial charge in [0.15, 0.2) is 0 Å². The van der Waals surface area contributed by atoms with E-state index in [4.69, 9.17) is 4.98 Å². The van der Waals surface area contributed by atoms with Crippen molar-refractivity contribution in [3.05, 3.63) is 42.2 Å². The van der Waals surface area contributed by atoms with Gasteiger partial charge in [0, 0.05) is 41.0 Å². The highest BCUT2D eigenvalue weighted by Crippen LogP contribution is 2.62. The maximum atomic E-state index is 13.1. The van der Waals surface area contributed by atoms with Gasteiger partial charge < -0.3 is 25.2 Å². The third-order valence-corrected chi connectivity index (χ3v) is 12.1. The van der Waals surface area contributed by atoms with Crippen LogP contribution in [0, 0.1) is 11.3 Å². The van der Waals surface area contributed by atoms with Crippen LogP contribution in [0.25, 0.3) is 27.4 Å². The molecular formula is C36H48N4O3. The molecule has 0 radical (unpaired) electrons. The monoisotopic (exact) mass is 584 g/mol. The summed E-state index contributed by atoms with van der Waals surface area (Å²) in [5, 5.41) is 36.6. The number of fused-ring (bicyclic) bond motifs is 5. The normalized spacial score (nSPS) is 37.4. The SMILES string of the molecule is Oc1cccc2c1[nH]c1c(C3=C[C@]4(O)CCCCCCCCN5CC[C@H]3[C@@]3(C[C@H]6CC[C@@H](O)CCCN6[C@@H]34)C5)nccc12. The molecule has 8 rings (SSSR count). The summed E-state index contributed by atoms with van der Waals surface area (Å²) in [4.78, 5) is 14.1. The van der Waals surface area contributed by atoms with E-state index in [1.165, 1.54) is 37.7 Å². The Balaban J connectivity index is 1.32. The summed E-state index contributed by atoms with van der Waals surface area (Å²) in [6, 6.07) is 8.24. The Kier molecular flexibility index (Phi) is 7.09. The molecule has 1 aliphatic carbocycles. The van der Waals surface area contributed by atoms with Crippen LogP contribution in [0.1, 0.15) is 89.2 Å². The van der Waals surface area contributed by atoms with Gasteiger partial charge in [-0.25, -0.2) is 0 Å². The number of allylic oxidation sites excluding steroid dienone is 1. The zero-order valence-electron chi connectivity index (χ0n) is 25.5. The van der Waals surface area contributed by atoms with Crippen molar-refractivity contribution >= 4 is 27.4 Å². The van der Waals surface area contributed by atoms with Gasteiger partial charge in [0.1, 0.15) is 5.75 Å². The lowest BCUT2D eigenvalue weighted by molar-refractivity contribution is -0.0928. The maximum Gasteiger partial charge on any atom is 0.139 e. The van der Waals surface area contributed by atoms with Crippen molar-refractivity contribution in [2.75, 3.05) is 26.2 Å². The number of hydrogen-bond acceptors (Lipinski definition) is 6. The topological polar surface area (TPSA) is 95.8 Å². The summed E-state index contributed by atoms with van der Waals surface area (Å²) in [5.74, 6) is 0.557. The second kappa shape index (κ2) is 10.9. The number of piperidine rings is 1. The molecule has 7 atom stereocenters. The van der Waals surface area contributed by atoms with E-state index < -0.39 is 5.60 Å². The highest BCUT2D eigenvalue weighted by Gasteiger charge is 2.66. The quantitative estimate of drug-likeness (QED) is 0.281. The minimum atomic E-state index is -0.937. The van der Waals surface area contributed by atoms with Crippen molar-refractivity contribution < 1.29 is 15.3 Å². The highest BCUT2D eigenvalue weighted by atomic mass is 16.3. The van der Waals surface area contributed by atoms with Crippen LogP contribution in [-0.4, -0.2) is 85.1 Å². The van der Waals surface area contributed by atoms with Gasteiger partial charge in [0.25, 0.3) is 0 Å². The highest BCUT2D eigenvalue weighted by molar-refractivity contribution is 6.11. The van der Waals surface area contributed by atoms with Crippen molar-refractivity contribution in [2.45, 2.75) is 107 Å². The number of aromatic nitrogens is 2. The van der Waals surface area contributed by atoms with Crippen LogP contribution in [0.15, 0.2) is 36.5 Å². The summed E-state index contributed by atoms with van der Waals surface area (Å²) >= 11 is 0. The summed E-state index contributed by atoms with van der Waals surface area (Å²) in [6.45, 7) is 4.22. The lowest BCUT2D eigenvalue weighted by Gasteiger charge is -2.58. The first-order valence-electron chi connectivity index (χ1n) is 17.2. The van der Waals surface area contributed by atoms with Crippen LogP contribution in [0.5, 0.6) is 5.75 Å². The average molecular weight is 585 g/mol. The van der Waals surface area contributed by atoms with Gasteiger partial charge in [-0.1, -0.05) is 44.2 Å². The van der Waals surface area contributed by atoms with E-state index in [1.54, 1.807) is 6.07 Å². The molecule has 3 aromatic rings. The lowest BCUT2D eigenvalue weighted by Crippen LogP contribution is -2.65. The van der Waals surface area contributed by atoms with Crippen molar-refractivity contribution in [3.63, 3.8) is 0 Å². The Hall–Kier alpha value is -2.45. The van der Waals surface area contributed by atoms with Crippen LogP contribution in [0.2, 0.25) is 0 Å². The number of aromatic hydroxyl groups is 1. The standard InChI is InChI=1S/C36H48N4O3/c41-25-9-8-19-40-24(12-13-25)21-35-23-39-18-6-4-2-1-3-5-16-36(43,34(35)40)22-28(29(35)15-20-39)32-33-27(14-17-37-32)26-10-7-11-30(42)31(26)38-33/h7,10-11,14,17,22,24-25,29,34,38,41-43H,1-6,8-9,12-13,15-16,18-21,23H2/t24-,25+,29-,34+,35-,36-/m1/s1. The van der Waals surface area contributed by atoms with Crippen molar-refractivity contribution in [3.8, 4) is 5.75 Å². The summed E-state index contributed by atoms with van der Waals surface area (Å²) in [6.07, 6.45) is 17.9. The fourth-order valence-corrected chi connectivity index (χ4v) is 10.4. The Bertz CT molecular complexity index is 1530. The van der Waals surface area contributed by atoms with Gasteiger partial charge in [0.05, 0.1) is 28.4 Å². The molecule has 2 aromatic heterocycles. The molecule has 0 amide bonds. The number of aliphatic hydroxyl groups is 2. The van der Waals surface area contributed by atoms with Gasteiger partial charge in [-0.05, 0) is 101 Å². The molecule has 4 saturated heterocycles. The van der Waals surface area contributed by atoms with E-state index in [0.29, 0.717) is 12.0 Å². The maximum absolute atomic E-state index is 13.1. The molecule has 3 bridgehead atoms. The molecule has 5 aliphatic rings. The van der Waals surface area contributed by atoms with E-state index in [0.717, 1.165) is 105 Å². The van der Waals surface area contributed by atoms with Gasteiger partial charge in [0.2, 0.25) is 0 Å². The summed E-state index contributed by atoms with van der Waals surface area (Å²) < 4.78 is 0. The number of phenols is 1. The van der Waals surface area contributed by atoms with Crippen molar-refractivity contribution in [1.82, 2.24) is 19.8 Å². The number of rotatable bonds is 1. The largest absolute Gasteiger partial charge is 0.506 e. The predicted molar refractivity (Wildman–Crippen MR) is 171 cm³/mol. The molecule has 230 valence electrons. The first-order chi connectivity index (χ1) is 21.0. The molecule has 7 nitrogen and oxygen atoms in total. The van der Waals surface area contributed by atoms with Gasteiger partial charge in [-0.15, -0.1) is 0 Å². The third-order valence-electron chi connectivity index (χ3n) is 12.1. The Morgan fingerprint density at radius 2 is 1.70 bits per heavy atom. The van der Waals surface area contributed by atoms with Gasteiger partial charge >= 0.3 is 0 Å². The van der Waals surface area contributed by atoms with E-state index >= 15 is 0 Å². The van der Waals surface area contributed by atoms with Crippen LogP contribution in [0.4, 0.5) is 0 Å². The number of benzene rings is 1. The molecule has 4 aliphatic heterocycles. The number of nitrogens with zero attached hydrogens (tertiary/aromatic N) is 3. The van der Waals surface area contributed by atoms with Crippen molar-refractivity contribution in [2.24, 2.45) is 11.3 Å². The Morgan fingerprint density at radius 1 is 0.860 bits per heavy atom. The summed E-state index contributed by atoms with van der Waals surface area (Å²) in [7, 11) is 0. The molecule has 7 heteroatoms. The zero-order valence-corrected chi connectivity index (χ0v) is 25.5. The second-order valence-electron chi connectivity index (χ2n) is 14.6. The summed E-state index contributed by atoms with van der Waals surface area (Å²) in [5.41, 5.74) is 2.87. The Morgan fingerprint density at radius 3 is 2.60 bits per heavy atom. The fourth-order valence-electron chi connectivity index (χ4n) is 10.4. The predicted octanol–water partition coefficient (Wildman–Crippen LogP) is 5.98. The second-order valence-corrected chi connectivity index (χ2v) is 14.6. The molecule has 6 heterocycles. The van der Waals surface area contributed by atoms with Crippen LogP contribution >= 0.6 is 0 Å². The molecule has 0 saturated carbocycles. The number of aliphatic hydroxyl groups excluding tert-OH is 1. The smallest absolute Gasteiger partial charge is 0.139 e. The lowest BCUT2D eigenvalue weighted by atomic mass is 9.54. The first kappa shape index (κ1) is 28.1. The minimum absolute atomic E-state index is 0.0664.